The van der Waals surface area contributed by atoms with Crippen molar-refractivity contribution in [3.05, 3.63) is 52.9 Å². The molecule has 2 aromatic carbocycles. The van der Waals surface area contributed by atoms with E-state index in [1.807, 2.05) is 47.8 Å². The van der Waals surface area contributed by atoms with Gasteiger partial charge in [0.1, 0.15) is 11.5 Å². The molecule has 0 radical (unpaired) electrons. The van der Waals surface area contributed by atoms with E-state index in [0.29, 0.717) is 5.02 Å². The van der Waals surface area contributed by atoms with Crippen LogP contribution >= 0.6 is 22.9 Å². The van der Waals surface area contributed by atoms with Crippen LogP contribution in [0, 0.1) is 0 Å². The molecule has 0 atom stereocenters. The van der Waals surface area contributed by atoms with Gasteiger partial charge in [-0.1, -0.05) is 23.7 Å². The minimum absolute atomic E-state index is 0.656. The third-order valence-electron chi connectivity index (χ3n) is 3.30. The second kappa shape index (κ2) is 6.89. The molecule has 3 aromatic rings. The Labute approximate surface area is 143 Å². The molecule has 23 heavy (non-hydrogen) atoms. The van der Waals surface area contributed by atoms with Crippen molar-refractivity contribution in [2.75, 3.05) is 19.5 Å². The maximum atomic E-state index is 6.16. The average molecular weight is 347 g/mol. The van der Waals surface area contributed by atoms with Crippen LogP contribution in [0.1, 0.15) is 0 Å². The highest BCUT2D eigenvalue weighted by molar-refractivity contribution is 7.14. The van der Waals surface area contributed by atoms with Gasteiger partial charge in [0.05, 0.1) is 30.6 Å². The minimum atomic E-state index is 0.656. The molecule has 0 bridgehead atoms. The average Bonchev–Trinajstić information content (AvgIpc) is 3.05. The van der Waals surface area contributed by atoms with Gasteiger partial charge in [0.25, 0.3) is 0 Å². The highest BCUT2D eigenvalue weighted by atomic mass is 35.5. The summed E-state index contributed by atoms with van der Waals surface area (Å²) in [6.45, 7) is 0. The fourth-order valence-corrected chi connectivity index (χ4v) is 3.05. The zero-order valence-electron chi connectivity index (χ0n) is 12.7. The summed E-state index contributed by atoms with van der Waals surface area (Å²) in [6.07, 6.45) is 0. The van der Waals surface area contributed by atoms with Crippen LogP contribution in [0.3, 0.4) is 0 Å². The Morgan fingerprint density at radius 1 is 1.09 bits per heavy atom. The van der Waals surface area contributed by atoms with Gasteiger partial charge in [-0.15, -0.1) is 11.3 Å². The van der Waals surface area contributed by atoms with E-state index in [1.54, 1.807) is 14.2 Å². The molecule has 6 heteroatoms. The van der Waals surface area contributed by atoms with Crippen LogP contribution in [0.15, 0.2) is 47.8 Å². The summed E-state index contributed by atoms with van der Waals surface area (Å²) in [5.74, 6) is 1.51. The third-order valence-corrected chi connectivity index (χ3v) is 4.39. The molecule has 0 aliphatic heterocycles. The summed E-state index contributed by atoms with van der Waals surface area (Å²) in [6, 6.07) is 13.2. The maximum Gasteiger partial charge on any atom is 0.187 e. The molecule has 0 unspecified atom stereocenters. The Morgan fingerprint density at radius 3 is 2.65 bits per heavy atom. The van der Waals surface area contributed by atoms with Crippen molar-refractivity contribution in [3.63, 3.8) is 0 Å². The monoisotopic (exact) mass is 346 g/mol. The standard InChI is InChI=1S/C17H15ClN2O2S/c1-21-11-7-8-16(22-2)12(9-11)15-10-23-17(20-15)19-14-6-4-3-5-13(14)18/h3-10H,1-2H3,(H,19,20). The molecule has 1 heterocycles. The number of methoxy groups -OCH3 is 2. The molecule has 0 amide bonds. The van der Waals surface area contributed by atoms with Crippen molar-refractivity contribution in [2.45, 2.75) is 0 Å². The molecule has 1 aromatic heterocycles. The third kappa shape index (κ3) is 3.41. The molecule has 3 rings (SSSR count). The number of nitrogens with one attached hydrogen (secondary N) is 1. The van der Waals surface area contributed by atoms with Gasteiger partial charge in [-0.25, -0.2) is 4.98 Å². The number of hydrogen-bond acceptors (Lipinski definition) is 5. The first kappa shape index (κ1) is 15.6. The Kier molecular flexibility index (Phi) is 4.69. The van der Waals surface area contributed by atoms with Crippen molar-refractivity contribution in [1.82, 2.24) is 4.98 Å². The highest BCUT2D eigenvalue weighted by Crippen LogP contribution is 2.36. The van der Waals surface area contributed by atoms with Gasteiger partial charge in [-0.2, -0.15) is 0 Å². The van der Waals surface area contributed by atoms with Crippen molar-refractivity contribution in [2.24, 2.45) is 0 Å². The molecular formula is C17H15ClN2O2S. The molecule has 0 saturated carbocycles. The number of ether oxygens (including phenoxy) is 2. The van der Waals surface area contributed by atoms with Gasteiger partial charge in [0.2, 0.25) is 0 Å². The Balaban J connectivity index is 1.92. The first-order valence-electron chi connectivity index (χ1n) is 6.90. The van der Waals surface area contributed by atoms with Gasteiger partial charge in [-0.05, 0) is 30.3 Å². The van der Waals surface area contributed by atoms with Gasteiger partial charge in [0.15, 0.2) is 5.13 Å². The number of benzene rings is 2. The van der Waals surface area contributed by atoms with Crippen LogP contribution in [0.25, 0.3) is 11.3 Å². The number of para-hydroxylation sites is 1. The second-order valence-corrected chi connectivity index (χ2v) is 5.97. The van der Waals surface area contributed by atoms with Crippen molar-refractivity contribution in [1.29, 1.82) is 0 Å². The Bertz CT molecular complexity index is 820. The van der Waals surface area contributed by atoms with Crippen LogP contribution < -0.4 is 14.8 Å². The lowest BCUT2D eigenvalue weighted by Gasteiger charge is -2.08. The molecule has 0 aliphatic rings. The van der Waals surface area contributed by atoms with E-state index in [2.05, 4.69) is 10.3 Å². The van der Waals surface area contributed by atoms with Gasteiger partial charge >= 0.3 is 0 Å². The number of anilines is 2. The van der Waals surface area contributed by atoms with E-state index in [4.69, 9.17) is 21.1 Å². The molecule has 118 valence electrons. The van der Waals surface area contributed by atoms with Crippen molar-refractivity contribution >= 4 is 33.8 Å². The molecule has 1 N–H and O–H groups in total. The van der Waals surface area contributed by atoms with Crippen LogP contribution in [0.2, 0.25) is 5.02 Å². The predicted molar refractivity (Wildman–Crippen MR) is 95.4 cm³/mol. The molecule has 0 fully saturated rings. The van der Waals surface area contributed by atoms with Gasteiger partial charge < -0.3 is 14.8 Å². The van der Waals surface area contributed by atoms with E-state index in [-0.39, 0.29) is 0 Å². The Hall–Kier alpha value is -2.24. The largest absolute Gasteiger partial charge is 0.497 e. The van der Waals surface area contributed by atoms with Crippen LogP contribution in [-0.4, -0.2) is 19.2 Å². The summed E-state index contributed by atoms with van der Waals surface area (Å²) in [7, 11) is 3.28. The quantitative estimate of drug-likeness (QED) is 0.687. The fourth-order valence-electron chi connectivity index (χ4n) is 2.15. The number of thiazole rings is 1. The summed E-state index contributed by atoms with van der Waals surface area (Å²) in [4.78, 5) is 4.61. The topological polar surface area (TPSA) is 43.4 Å². The van der Waals surface area contributed by atoms with E-state index in [9.17, 15) is 0 Å². The molecule has 0 saturated heterocycles. The molecule has 0 spiro atoms. The molecule has 4 nitrogen and oxygen atoms in total. The fraction of sp³-hybridized carbons (Fsp3) is 0.118. The lowest BCUT2D eigenvalue weighted by molar-refractivity contribution is 0.404. The number of rotatable bonds is 5. The van der Waals surface area contributed by atoms with E-state index < -0.39 is 0 Å². The second-order valence-electron chi connectivity index (χ2n) is 4.71. The first-order valence-corrected chi connectivity index (χ1v) is 8.16. The van der Waals surface area contributed by atoms with Crippen LogP contribution in [0.4, 0.5) is 10.8 Å². The van der Waals surface area contributed by atoms with Gasteiger partial charge in [-0.3, -0.25) is 0 Å². The van der Waals surface area contributed by atoms with Crippen LogP contribution in [0.5, 0.6) is 11.5 Å². The zero-order chi connectivity index (χ0) is 16.2. The van der Waals surface area contributed by atoms with Gasteiger partial charge in [0, 0.05) is 10.9 Å². The molecular weight excluding hydrogens is 332 g/mol. The normalized spacial score (nSPS) is 10.4. The van der Waals surface area contributed by atoms with Crippen molar-refractivity contribution in [3.8, 4) is 22.8 Å². The van der Waals surface area contributed by atoms with Crippen LogP contribution in [-0.2, 0) is 0 Å². The number of aromatic nitrogens is 1. The lowest BCUT2D eigenvalue weighted by atomic mass is 10.1. The Morgan fingerprint density at radius 2 is 1.91 bits per heavy atom. The SMILES string of the molecule is COc1ccc(OC)c(-c2csc(Nc3ccccc3Cl)n2)c1. The molecule has 0 aliphatic carbocycles. The van der Waals surface area contributed by atoms with E-state index in [0.717, 1.165) is 33.6 Å². The first-order chi connectivity index (χ1) is 11.2. The maximum absolute atomic E-state index is 6.16. The number of nitrogens with zero attached hydrogens (tertiary/aromatic N) is 1. The minimum Gasteiger partial charge on any atom is -0.497 e. The van der Waals surface area contributed by atoms with Crippen molar-refractivity contribution < 1.29 is 9.47 Å². The van der Waals surface area contributed by atoms with E-state index >= 15 is 0 Å². The summed E-state index contributed by atoms with van der Waals surface area (Å²) < 4.78 is 10.7. The number of halogens is 1. The highest BCUT2D eigenvalue weighted by Gasteiger charge is 2.12. The summed E-state index contributed by atoms with van der Waals surface area (Å²) in [5.41, 5.74) is 2.53. The smallest absolute Gasteiger partial charge is 0.187 e. The van der Waals surface area contributed by atoms with E-state index in [1.165, 1.54) is 11.3 Å². The number of hydrogen-bond donors (Lipinski definition) is 1. The zero-order valence-corrected chi connectivity index (χ0v) is 14.2. The lowest BCUT2D eigenvalue weighted by Crippen LogP contribution is -1.92. The summed E-state index contributed by atoms with van der Waals surface area (Å²) in [5, 5.41) is 6.62. The summed E-state index contributed by atoms with van der Waals surface area (Å²) >= 11 is 7.67. The predicted octanol–water partition coefficient (Wildman–Crippen LogP) is 5.22.